The Balaban J connectivity index is 2.21. The van der Waals surface area contributed by atoms with E-state index >= 15 is 0 Å². The summed E-state index contributed by atoms with van der Waals surface area (Å²) in [6, 6.07) is 0.570. The predicted octanol–water partition coefficient (Wildman–Crippen LogP) is -0.622. The molecule has 1 amide bonds. The largest absolute Gasteiger partial charge is 0.480 e. The van der Waals surface area contributed by atoms with Crippen LogP contribution in [0.5, 0.6) is 0 Å². The monoisotopic (exact) mass is 239 g/mol. The highest BCUT2D eigenvalue weighted by molar-refractivity contribution is 5.95. The minimum atomic E-state index is -1.11. The number of aliphatic hydroxyl groups excluding tert-OH is 1. The molecule has 2 heterocycles. The summed E-state index contributed by atoms with van der Waals surface area (Å²) in [5.41, 5.74) is 0.892. The number of hydrogen-bond donors (Lipinski definition) is 3. The highest BCUT2D eigenvalue weighted by atomic mass is 16.4. The van der Waals surface area contributed by atoms with Gasteiger partial charge in [0.25, 0.3) is 5.91 Å². The third kappa shape index (κ3) is 2.14. The van der Waals surface area contributed by atoms with Crippen molar-refractivity contribution < 1.29 is 19.8 Å². The minimum absolute atomic E-state index is 0.0295. The van der Waals surface area contributed by atoms with Gasteiger partial charge in [-0.25, -0.2) is 4.79 Å². The van der Waals surface area contributed by atoms with Crippen molar-refractivity contribution in [2.24, 2.45) is 0 Å². The van der Waals surface area contributed by atoms with Crippen molar-refractivity contribution in [1.29, 1.82) is 0 Å². The SMILES string of the molecule is Cc1cc(C(=O)N2C[C@@H](O)C[C@H]2C(=O)O)n[nH]1. The number of aliphatic carboxylic acids is 1. The second-order valence-electron chi connectivity index (χ2n) is 4.14. The number of aryl methyl sites for hydroxylation is 1. The van der Waals surface area contributed by atoms with Gasteiger partial charge < -0.3 is 15.1 Å². The summed E-state index contributed by atoms with van der Waals surface area (Å²) in [6.07, 6.45) is -0.732. The van der Waals surface area contributed by atoms with Gasteiger partial charge >= 0.3 is 5.97 Å². The van der Waals surface area contributed by atoms with E-state index in [4.69, 9.17) is 5.11 Å². The summed E-state index contributed by atoms with van der Waals surface area (Å²) in [4.78, 5) is 24.1. The van der Waals surface area contributed by atoms with Crippen LogP contribution in [0.25, 0.3) is 0 Å². The van der Waals surface area contributed by atoms with Gasteiger partial charge in [0.1, 0.15) is 11.7 Å². The number of aromatic nitrogens is 2. The van der Waals surface area contributed by atoms with E-state index in [1.54, 1.807) is 13.0 Å². The molecule has 1 aromatic heterocycles. The standard InChI is InChI=1S/C10H13N3O4/c1-5-2-7(12-11-5)9(15)13-4-6(14)3-8(13)10(16)17/h2,6,8,14H,3-4H2,1H3,(H,11,12)(H,16,17)/t6-,8-/m0/s1. The Hall–Kier alpha value is -1.89. The molecule has 0 spiro atoms. The van der Waals surface area contributed by atoms with Crippen molar-refractivity contribution in [2.75, 3.05) is 6.54 Å². The molecule has 0 radical (unpaired) electrons. The molecular weight excluding hydrogens is 226 g/mol. The molecule has 1 saturated heterocycles. The van der Waals surface area contributed by atoms with Crippen LogP contribution in [0.3, 0.4) is 0 Å². The molecule has 1 aliphatic heterocycles. The number of nitrogens with zero attached hydrogens (tertiary/aromatic N) is 2. The molecule has 0 unspecified atom stereocenters. The molecule has 3 N–H and O–H groups in total. The molecule has 0 saturated carbocycles. The highest BCUT2D eigenvalue weighted by Gasteiger charge is 2.39. The Bertz CT molecular complexity index is 456. The number of carboxylic acid groups (broad SMARTS) is 1. The minimum Gasteiger partial charge on any atom is -0.480 e. The Morgan fingerprint density at radius 1 is 1.59 bits per heavy atom. The highest BCUT2D eigenvalue weighted by Crippen LogP contribution is 2.20. The first kappa shape index (κ1) is 11.6. The van der Waals surface area contributed by atoms with Crippen molar-refractivity contribution in [3.05, 3.63) is 17.5 Å². The number of carbonyl (C=O) groups excluding carboxylic acids is 1. The summed E-state index contributed by atoms with van der Waals surface area (Å²) < 4.78 is 0. The molecule has 7 heteroatoms. The van der Waals surface area contributed by atoms with Crippen LogP contribution >= 0.6 is 0 Å². The Kier molecular flexibility index (Phi) is 2.84. The maximum absolute atomic E-state index is 12.0. The summed E-state index contributed by atoms with van der Waals surface area (Å²) in [5.74, 6) is -1.58. The van der Waals surface area contributed by atoms with Gasteiger partial charge in [0, 0.05) is 18.7 Å². The fourth-order valence-electron chi connectivity index (χ4n) is 1.95. The lowest BCUT2D eigenvalue weighted by atomic mass is 10.2. The van der Waals surface area contributed by atoms with Gasteiger partial charge in [-0.05, 0) is 13.0 Å². The van der Waals surface area contributed by atoms with E-state index in [1.165, 1.54) is 0 Å². The van der Waals surface area contributed by atoms with Crippen LogP contribution in [0.15, 0.2) is 6.07 Å². The van der Waals surface area contributed by atoms with Crippen molar-refractivity contribution in [2.45, 2.75) is 25.5 Å². The molecule has 1 fully saturated rings. The van der Waals surface area contributed by atoms with E-state index in [0.717, 1.165) is 10.6 Å². The van der Waals surface area contributed by atoms with Crippen LogP contribution in [0.1, 0.15) is 22.6 Å². The number of H-pyrrole nitrogens is 1. The van der Waals surface area contributed by atoms with Gasteiger partial charge in [0.2, 0.25) is 0 Å². The molecule has 0 aliphatic carbocycles. The molecule has 7 nitrogen and oxygen atoms in total. The van der Waals surface area contributed by atoms with E-state index in [1.807, 2.05) is 0 Å². The summed E-state index contributed by atoms with van der Waals surface area (Å²) in [6.45, 7) is 1.78. The molecule has 0 aromatic carbocycles. The third-order valence-electron chi connectivity index (χ3n) is 2.75. The number of carbonyl (C=O) groups is 2. The van der Waals surface area contributed by atoms with Gasteiger partial charge in [0.05, 0.1) is 6.10 Å². The van der Waals surface area contributed by atoms with Crippen LogP contribution in [-0.2, 0) is 4.79 Å². The normalized spacial score (nSPS) is 24.0. The fourth-order valence-corrected chi connectivity index (χ4v) is 1.95. The zero-order chi connectivity index (χ0) is 12.6. The molecule has 2 atom stereocenters. The van der Waals surface area contributed by atoms with Gasteiger partial charge in [-0.2, -0.15) is 5.10 Å². The lowest BCUT2D eigenvalue weighted by molar-refractivity contribution is -0.141. The van der Waals surface area contributed by atoms with E-state index in [2.05, 4.69) is 10.2 Å². The van der Waals surface area contributed by atoms with E-state index < -0.39 is 24.0 Å². The Morgan fingerprint density at radius 3 is 2.82 bits per heavy atom. The molecular formula is C10H13N3O4. The molecule has 2 rings (SSSR count). The average Bonchev–Trinajstić information content (AvgIpc) is 2.83. The number of aliphatic hydroxyl groups is 1. The average molecular weight is 239 g/mol. The Morgan fingerprint density at radius 2 is 2.29 bits per heavy atom. The predicted molar refractivity (Wildman–Crippen MR) is 56.4 cm³/mol. The van der Waals surface area contributed by atoms with E-state index in [9.17, 15) is 14.7 Å². The van der Waals surface area contributed by atoms with Gasteiger partial charge in [-0.1, -0.05) is 0 Å². The summed E-state index contributed by atoms with van der Waals surface area (Å²) >= 11 is 0. The number of amides is 1. The number of aromatic amines is 1. The maximum atomic E-state index is 12.0. The van der Waals surface area contributed by atoms with Crippen LogP contribution < -0.4 is 0 Å². The van der Waals surface area contributed by atoms with Crippen molar-refractivity contribution >= 4 is 11.9 Å². The molecule has 1 aromatic rings. The van der Waals surface area contributed by atoms with E-state index in [0.29, 0.717) is 0 Å². The quantitative estimate of drug-likeness (QED) is 0.637. The topological polar surface area (TPSA) is 107 Å². The van der Waals surface area contributed by atoms with Crippen LogP contribution in [0.2, 0.25) is 0 Å². The number of carboxylic acids is 1. The second kappa shape index (κ2) is 4.17. The fraction of sp³-hybridized carbons (Fsp3) is 0.500. The van der Waals surface area contributed by atoms with Crippen molar-refractivity contribution in [3.8, 4) is 0 Å². The number of hydrogen-bond acceptors (Lipinski definition) is 4. The number of rotatable bonds is 2. The molecule has 0 bridgehead atoms. The number of β-amino-alcohol motifs (C(OH)–C–C–N with tert-alkyl or cyclic N) is 1. The van der Waals surface area contributed by atoms with Gasteiger partial charge in [-0.3, -0.25) is 9.89 Å². The summed E-state index contributed by atoms with van der Waals surface area (Å²) in [7, 11) is 0. The zero-order valence-corrected chi connectivity index (χ0v) is 9.25. The van der Waals surface area contributed by atoms with E-state index in [-0.39, 0.29) is 18.7 Å². The number of likely N-dealkylation sites (tertiary alicyclic amines) is 1. The first-order valence-electron chi connectivity index (χ1n) is 5.23. The maximum Gasteiger partial charge on any atom is 0.326 e. The molecule has 92 valence electrons. The number of nitrogens with one attached hydrogen (secondary N) is 1. The first-order valence-corrected chi connectivity index (χ1v) is 5.23. The summed E-state index contributed by atoms with van der Waals surface area (Å²) in [5, 5.41) is 24.8. The molecule has 1 aliphatic rings. The van der Waals surface area contributed by atoms with Crippen molar-refractivity contribution in [1.82, 2.24) is 15.1 Å². The van der Waals surface area contributed by atoms with Crippen LogP contribution in [0.4, 0.5) is 0 Å². The van der Waals surface area contributed by atoms with Gasteiger partial charge in [0.15, 0.2) is 0 Å². The van der Waals surface area contributed by atoms with Crippen molar-refractivity contribution in [3.63, 3.8) is 0 Å². The second-order valence-corrected chi connectivity index (χ2v) is 4.14. The van der Waals surface area contributed by atoms with Crippen LogP contribution in [-0.4, -0.2) is 55.9 Å². The van der Waals surface area contributed by atoms with Gasteiger partial charge in [-0.15, -0.1) is 0 Å². The third-order valence-corrected chi connectivity index (χ3v) is 2.75. The first-order chi connectivity index (χ1) is 7.99. The molecule has 17 heavy (non-hydrogen) atoms. The van der Waals surface area contributed by atoms with Crippen LogP contribution in [0, 0.1) is 6.92 Å². The lowest BCUT2D eigenvalue weighted by Crippen LogP contribution is -2.40. The zero-order valence-electron chi connectivity index (χ0n) is 9.25. The smallest absolute Gasteiger partial charge is 0.326 e. The lowest BCUT2D eigenvalue weighted by Gasteiger charge is -2.19. The Labute approximate surface area is 97.0 Å².